The molecule has 198 valence electrons. The summed E-state index contributed by atoms with van der Waals surface area (Å²) in [6.07, 6.45) is -0.204. The first-order valence-corrected chi connectivity index (χ1v) is 11.7. The van der Waals surface area contributed by atoms with Crippen LogP contribution in [0.15, 0.2) is 48.2 Å². The molecule has 2 aliphatic heterocycles. The van der Waals surface area contributed by atoms with E-state index >= 15 is 0 Å². The van der Waals surface area contributed by atoms with Crippen LogP contribution in [0.4, 0.5) is 0 Å². The molecule has 2 aromatic rings. The first kappa shape index (κ1) is 26.1. The van der Waals surface area contributed by atoms with Crippen LogP contribution in [-0.2, 0) is 41.4 Å². The van der Waals surface area contributed by atoms with E-state index < -0.39 is 36.2 Å². The minimum atomic E-state index is -1.24. The maximum atomic E-state index is 12.9. The third-order valence-electron chi connectivity index (χ3n) is 6.40. The zero-order valence-corrected chi connectivity index (χ0v) is 19.8. The summed E-state index contributed by atoms with van der Waals surface area (Å²) in [5, 5.41) is 48.3. The van der Waals surface area contributed by atoms with Crippen molar-refractivity contribution in [2.45, 2.75) is 31.7 Å². The number of hydrogen-bond acceptors (Lipinski definition) is 11. The largest absolute Gasteiger partial charge is 0.504 e. The summed E-state index contributed by atoms with van der Waals surface area (Å²) in [4.78, 5) is 25.5. The van der Waals surface area contributed by atoms with E-state index in [1.807, 2.05) is 0 Å². The number of esters is 2. The Hall–Kier alpha value is -3.96. The van der Waals surface area contributed by atoms with Crippen LogP contribution in [-0.4, -0.2) is 69.7 Å². The van der Waals surface area contributed by atoms with Crippen molar-refractivity contribution in [1.29, 1.82) is 0 Å². The minimum absolute atomic E-state index is 0.00237. The summed E-state index contributed by atoms with van der Waals surface area (Å²) in [6, 6.07) is 8.58. The summed E-state index contributed by atoms with van der Waals surface area (Å²) in [7, 11) is 0. The summed E-state index contributed by atoms with van der Waals surface area (Å²) < 4.78 is 21.5. The Morgan fingerprint density at radius 1 is 0.865 bits per heavy atom. The second-order valence-electron chi connectivity index (χ2n) is 8.86. The van der Waals surface area contributed by atoms with E-state index in [0.29, 0.717) is 17.5 Å². The molecule has 0 amide bonds. The Bertz CT molecular complexity index is 1180. The molecule has 1 saturated heterocycles. The second kappa shape index (κ2) is 11.4. The Morgan fingerprint density at radius 2 is 1.46 bits per heavy atom. The van der Waals surface area contributed by atoms with Crippen molar-refractivity contribution in [1.82, 2.24) is 0 Å². The summed E-state index contributed by atoms with van der Waals surface area (Å²) >= 11 is 0. The highest BCUT2D eigenvalue weighted by atomic mass is 16.6. The van der Waals surface area contributed by atoms with Gasteiger partial charge in [-0.3, -0.25) is 4.79 Å². The van der Waals surface area contributed by atoms with E-state index in [1.54, 1.807) is 12.1 Å². The maximum absolute atomic E-state index is 12.9. The highest BCUT2D eigenvalue weighted by Gasteiger charge is 2.49. The molecule has 11 nitrogen and oxygen atoms in total. The van der Waals surface area contributed by atoms with Gasteiger partial charge >= 0.3 is 11.9 Å². The smallest absolute Gasteiger partial charge is 0.337 e. The van der Waals surface area contributed by atoms with E-state index in [9.17, 15) is 35.1 Å². The second-order valence-corrected chi connectivity index (χ2v) is 8.86. The standard InChI is InChI=1S/C26H28O11/c27-18-3-1-14(9-20(18)29)5-7-34-23(31)11-16-17(12-36-22-13-37-26(33)24(16)22)25(32)35-8-6-15-2-4-19(28)21(30)10-15/h1-4,9-10,12,16,22,24,26-30,33H,5-8,11,13H2/t16-,22-,24-,26-/m1/s1. The number of carbonyl (C=O) groups is 2. The number of phenols is 4. The van der Waals surface area contributed by atoms with Gasteiger partial charge in [-0.2, -0.15) is 0 Å². The number of aromatic hydroxyl groups is 4. The molecule has 2 aliphatic rings. The van der Waals surface area contributed by atoms with Gasteiger partial charge in [-0.25, -0.2) is 4.79 Å². The van der Waals surface area contributed by atoms with Gasteiger partial charge in [-0.15, -0.1) is 0 Å². The number of carbonyl (C=O) groups excluding carboxylic acids is 2. The molecular formula is C26H28O11. The molecule has 0 aromatic heterocycles. The molecule has 0 bridgehead atoms. The van der Waals surface area contributed by atoms with Gasteiger partial charge in [0.05, 0.1) is 44.0 Å². The van der Waals surface area contributed by atoms with Crippen LogP contribution in [0.3, 0.4) is 0 Å². The van der Waals surface area contributed by atoms with Crippen LogP contribution in [0.2, 0.25) is 0 Å². The van der Waals surface area contributed by atoms with Gasteiger partial charge in [0.25, 0.3) is 0 Å². The average Bonchev–Trinajstić information content (AvgIpc) is 3.24. The molecular weight excluding hydrogens is 488 g/mol. The van der Waals surface area contributed by atoms with E-state index in [4.69, 9.17) is 18.9 Å². The van der Waals surface area contributed by atoms with Crippen LogP contribution < -0.4 is 0 Å². The monoisotopic (exact) mass is 516 g/mol. The van der Waals surface area contributed by atoms with Gasteiger partial charge in [0.2, 0.25) is 0 Å². The van der Waals surface area contributed by atoms with Crippen molar-refractivity contribution in [2.75, 3.05) is 19.8 Å². The number of hydrogen-bond donors (Lipinski definition) is 5. The predicted molar refractivity (Wildman–Crippen MR) is 125 cm³/mol. The molecule has 1 fully saturated rings. The number of aliphatic hydroxyl groups is 1. The lowest BCUT2D eigenvalue weighted by Crippen LogP contribution is -2.40. The fourth-order valence-corrected chi connectivity index (χ4v) is 4.40. The lowest BCUT2D eigenvalue weighted by atomic mass is 9.79. The van der Waals surface area contributed by atoms with Gasteiger partial charge in [-0.1, -0.05) is 12.1 Å². The van der Waals surface area contributed by atoms with Crippen molar-refractivity contribution in [2.24, 2.45) is 11.8 Å². The highest BCUT2D eigenvalue weighted by molar-refractivity contribution is 5.90. The fraction of sp³-hybridized carbons (Fsp3) is 0.385. The Morgan fingerprint density at radius 3 is 2.05 bits per heavy atom. The number of ether oxygens (including phenoxy) is 4. The molecule has 2 aromatic carbocycles. The van der Waals surface area contributed by atoms with Gasteiger partial charge in [-0.05, 0) is 35.4 Å². The van der Waals surface area contributed by atoms with Crippen LogP contribution in [0.25, 0.3) is 0 Å². The average molecular weight is 516 g/mol. The molecule has 0 radical (unpaired) electrons. The Balaban J connectivity index is 1.36. The molecule has 0 spiro atoms. The first-order chi connectivity index (χ1) is 17.7. The fourth-order valence-electron chi connectivity index (χ4n) is 4.40. The molecule has 0 aliphatic carbocycles. The van der Waals surface area contributed by atoms with E-state index in [0.717, 1.165) is 0 Å². The lowest BCUT2D eigenvalue weighted by Gasteiger charge is -2.33. The van der Waals surface area contributed by atoms with Gasteiger partial charge in [0.15, 0.2) is 29.3 Å². The predicted octanol–water partition coefficient (Wildman–Crippen LogP) is 1.63. The number of aliphatic hydroxyl groups excluding tert-OH is 1. The molecule has 37 heavy (non-hydrogen) atoms. The Kier molecular flexibility index (Phi) is 8.04. The normalized spacial score (nSPS) is 22.5. The van der Waals surface area contributed by atoms with Gasteiger partial charge in [0, 0.05) is 18.8 Å². The van der Waals surface area contributed by atoms with Crippen molar-refractivity contribution < 1.29 is 54.1 Å². The topological polar surface area (TPSA) is 172 Å². The zero-order chi connectivity index (χ0) is 26.5. The van der Waals surface area contributed by atoms with Gasteiger partial charge < -0.3 is 44.5 Å². The molecule has 4 rings (SSSR count). The quantitative estimate of drug-likeness (QED) is 0.242. The summed E-state index contributed by atoms with van der Waals surface area (Å²) in [6.45, 7) is 0.0669. The molecule has 11 heteroatoms. The summed E-state index contributed by atoms with van der Waals surface area (Å²) in [5.41, 5.74) is 1.36. The summed E-state index contributed by atoms with van der Waals surface area (Å²) in [5.74, 6) is -3.84. The van der Waals surface area contributed by atoms with Gasteiger partial charge in [0.1, 0.15) is 6.10 Å². The Labute approximate surface area is 212 Å². The third kappa shape index (κ3) is 6.25. The van der Waals surface area contributed by atoms with Crippen LogP contribution in [0, 0.1) is 11.8 Å². The molecule has 2 heterocycles. The van der Waals surface area contributed by atoms with E-state index in [1.165, 1.54) is 30.5 Å². The minimum Gasteiger partial charge on any atom is -0.504 e. The number of rotatable bonds is 9. The van der Waals surface area contributed by atoms with Crippen LogP contribution in [0.1, 0.15) is 17.5 Å². The third-order valence-corrected chi connectivity index (χ3v) is 6.40. The SMILES string of the molecule is O=C(C[C@@H]1C(C(=O)OCCc2ccc(O)c(O)c2)=CO[C@@H]2CO[C@@H](O)[C@H]12)OCCc1ccc(O)c(O)c1. The number of phenolic OH excluding ortho intramolecular Hbond substituents is 4. The van der Waals surface area contributed by atoms with Crippen molar-refractivity contribution in [3.05, 3.63) is 59.4 Å². The van der Waals surface area contributed by atoms with E-state index in [2.05, 4.69) is 0 Å². The van der Waals surface area contributed by atoms with Crippen LogP contribution in [0.5, 0.6) is 23.0 Å². The van der Waals surface area contributed by atoms with Crippen molar-refractivity contribution >= 4 is 11.9 Å². The molecule has 0 saturated carbocycles. The highest BCUT2D eigenvalue weighted by Crippen LogP contribution is 2.40. The van der Waals surface area contributed by atoms with Crippen LogP contribution >= 0.6 is 0 Å². The van der Waals surface area contributed by atoms with Crippen molar-refractivity contribution in [3.63, 3.8) is 0 Å². The molecule has 4 atom stereocenters. The van der Waals surface area contributed by atoms with Crippen molar-refractivity contribution in [3.8, 4) is 23.0 Å². The lowest BCUT2D eigenvalue weighted by molar-refractivity contribution is -0.148. The molecule has 0 unspecified atom stereocenters. The number of fused-ring (bicyclic) bond motifs is 1. The first-order valence-electron chi connectivity index (χ1n) is 11.7. The molecule has 5 N–H and O–H groups in total. The zero-order valence-electron chi connectivity index (χ0n) is 19.8. The number of benzene rings is 2. The van der Waals surface area contributed by atoms with E-state index in [-0.39, 0.29) is 61.2 Å². The maximum Gasteiger partial charge on any atom is 0.337 e.